The Labute approximate surface area is 154 Å². The monoisotopic (exact) mass is 337 g/mol. The summed E-state index contributed by atoms with van der Waals surface area (Å²) in [6.07, 6.45) is 15.5. The molecule has 0 N–H and O–H groups in total. The van der Waals surface area contributed by atoms with Crippen molar-refractivity contribution in [3.63, 3.8) is 0 Å². The van der Waals surface area contributed by atoms with Crippen molar-refractivity contribution >= 4 is 0 Å². The lowest BCUT2D eigenvalue weighted by molar-refractivity contribution is -0.0597. The van der Waals surface area contributed by atoms with Crippen molar-refractivity contribution < 1.29 is 0 Å². The van der Waals surface area contributed by atoms with Crippen LogP contribution < -0.4 is 0 Å². The van der Waals surface area contributed by atoms with E-state index in [1.807, 2.05) is 6.20 Å². The highest BCUT2D eigenvalue weighted by atomic mass is 14.7. The molecule has 0 aliphatic heterocycles. The lowest BCUT2D eigenvalue weighted by Gasteiger charge is -2.56. The van der Waals surface area contributed by atoms with Crippen LogP contribution in [0.5, 0.6) is 0 Å². The zero-order chi connectivity index (χ0) is 17.0. The molecule has 136 valence electrons. The van der Waals surface area contributed by atoms with E-state index in [0.29, 0.717) is 11.3 Å². The van der Waals surface area contributed by atoms with Gasteiger partial charge < -0.3 is 0 Å². The molecule has 4 aliphatic rings. The van der Waals surface area contributed by atoms with Crippen molar-refractivity contribution in [3.8, 4) is 0 Å². The van der Waals surface area contributed by atoms with E-state index in [-0.39, 0.29) is 0 Å². The van der Waals surface area contributed by atoms with Crippen LogP contribution in [0.15, 0.2) is 24.4 Å². The highest BCUT2D eigenvalue weighted by molar-refractivity contribution is 5.19. The Morgan fingerprint density at radius 2 is 1.80 bits per heavy atom. The summed E-state index contributed by atoms with van der Waals surface area (Å²) in [5.41, 5.74) is 1.90. The molecule has 0 amide bonds. The zero-order valence-corrected chi connectivity index (χ0v) is 16.2. The van der Waals surface area contributed by atoms with E-state index in [2.05, 4.69) is 32.0 Å². The number of rotatable bonds is 1. The van der Waals surface area contributed by atoms with Crippen LogP contribution in [-0.4, -0.2) is 4.98 Å². The summed E-state index contributed by atoms with van der Waals surface area (Å²) >= 11 is 0. The van der Waals surface area contributed by atoms with E-state index < -0.39 is 0 Å². The Kier molecular flexibility index (Phi) is 3.99. The summed E-state index contributed by atoms with van der Waals surface area (Å²) < 4.78 is 0. The highest BCUT2D eigenvalue weighted by Crippen LogP contribution is 2.66. The van der Waals surface area contributed by atoms with Gasteiger partial charge in [0.05, 0.1) is 0 Å². The zero-order valence-electron chi connectivity index (χ0n) is 16.2. The number of hydrogen-bond donors (Lipinski definition) is 0. The maximum atomic E-state index is 4.77. The van der Waals surface area contributed by atoms with Crippen molar-refractivity contribution in [1.82, 2.24) is 4.98 Å². The summed E-state index contributed by atoms with van der Waals surface area (Å²) in [5.74, 6) is 6.92. The Balaban J connectivity index is 1.40. The lowest BCUT2D eigenvalue weighted by Crippen LogP contribution is -2.48. The molecule has 1 heteroatoms. The molecule has 1 nitrogen and oxygen atoms in total. The second kappa shape index (κ2) is 6.10. The quantitative estimate of drug-likeness (QED) is 0.573. The van der Waals surface area contributed by atoms with Crippen LogP contribution in [-0.2, 0) is 0 Å². The van der Waals surface area contributed by atoms with E-state index in [9.17, 15) is 0 Å². The first-order valence-corrected chi connectivity index (χ1v) is 11.1. The van der Waals surface area contributed by atoms with Crippen molar-refractivity contribution in [2.75, 3.05) is 0 Å². The summed E-state index contributed by atoms with van der Waals surface area (Å²) in [7, 11) is 0. The molecule has 0 aromatic carbocycles. The van der Waals surface area contributed by atoms with Crippen LogP contribution in [0.25, 0.3) is 0 Å². The van der Waals surface area contributed by atoms with Gasteiger partial charge in [0, 0.05) is 17.8 Å². The lowest BCUT2D eigenvalue weighted by atomic mass is 9.49. The molecule has 4 saturated carbocycles. The van der Waals surface area contributed by atoms with Crippen LogP contribution in [0.2, 0.25) is 0 Å². The van der Waals surface area contributed by atoms with Gasteiger partial charge in [0.2, 0.25) is 0 Å². The van der Waals surface area contributed by atoms with E-state index >= 15 is 0 Å². The number of hydrogen-bond acceptors (Lipinski definition) is 1. The molecular weight excluding hydrogens is 302 g/mol. The molecule has 25 heavy (non-hydrogen) atoms. The normalized spacial score (nSPS) is 49.1. The molecule has 1 aromatic rings. The van der Waals surface area contributed by atoms with Crippen molar-refractivity contribution in [2.24, 2.45) is 40.9 Å². The fourth-order valence-electron chi connectivity index (χ4n) is 8.16. The fraction of sp³-hybridized carbons (Fsp3) is 0.792. The van der Waals surface area contributed by atoms with Gasteiger partial charge in [-0.3, -0.25) is 4.98 Å². The third-order valence-electron chi connectivity index (χ3n) is 9.26. The smallest absolute Gasteiger partial charge is 0.0440 e. The first-order valence-electron chi connectivity index (χ1n) is 11.1. The maximum Gasteiger partial charge on any atom is 0.0440 e. The molecule has 4 aliphatic carbocycles. The average molecular weight is 338 g/mol. The molecule has 8 atom stereocenters. The van der Waals surface area contributed by atoms with Crippen molar-refractivity contribution in [2.45, 2.75) is 77.6 Å². The summed E-state index contributed by atoms with van der Waals surface area (Å²) in [6, 6.07) is 6.56. The van der Waals surface area contributed by atoms with Gasteiger partial charge in [0.15, 0.2) is 0 Å². The van der Waals surface area contributed by atoms with Gasteiger partial charge >= 0.3 is 0 Å². The van der Waals surface area contributed by atoms with E-state index in [0.717, 1.165) is 35.5 Å². The first kappa shape index (κ1) is 16.3. The van der Waals surface area contributed by atoms with Crippen LogP contribution in [0.3, 0.4) is 0 Å². The number of nitrogens with zero attached hydrogens (tertiary/aromatic N) is 1. The number of pyridine rings is 1. The predicted molar refractivity (Wildman–Crippen MR) is 103 cm³/mol. The topological polar surface area (TPSA) is 12.9 Å². The molecule has 8 unspecified atom stereocenters. The standard InChI is InChI=1S/C24H35N/c1-16-6-8-18-17(15-16)7-9-20-19(18)12-13-24(2)21(20)10-11-22(24)23-5-3-4-14-25-23/h3-5,14,16-22H,6-13,15H2,1-2H3. The van der Waals surface area contributed by atoms with E-state index in [1.165, 1.54) is 57.1 Å². The predicted octanol–water partition coefficient (Wildman–Crippen LogP) is 6.45. The van der Waals surface area contributed by atoms with Gasteiger partial charge in [-0.15, -0.1) is 0 Å². The molecule has 1 heterocycles. The third kappa shape index (κ3) is 2.52. The maximum absolute atomic E-state index is 4.77. The van der Waals surface area contributed by atoms with Crippen molar-refractivity contribution in [3.05, 3.63) is 30.1 Å². The van der Waals surface area contributed by atoms with Crippen LogP contribution in [0.4, 0.5) is 0 Å². The Morgan fingerprint density at radius 3 is 2.64 bits per heavy atom. The van der Waals surface area contributed by atoms with Crippen LogP contribution >= 0.6 is 0 Å². The molecular formula is C24H35N. The molecule has 5 rings (SSSR count). The van der Waals surface area contributed by atoms with Gasteiger partial charge in [-0.25, -0.2) is 0 Å². The Hall–Kier alpha value is -0.850. The molecule has 0 saturated heterocycles. The SMILES string of the molecule is CC1CCC2C(CCC3C2CCC2(C)C(c4ccccn4)CCC32)C1. The number of aromatic nitrogens is 1. The number of fused-ring (bicyclic) bond motifs is 5. The van der Waals surface area contributed by atoms with E-state index in [1.54, 1.807) is 6.42 Å². The second-order valence-electron chi connectivity index (χ2n) is 10.3. The molecule has 0 radical (unpaired) electrons. The molecule has 1 aromatic heterocycles. The van der Waals surface area contributed by atoms with Gasteiger partial charge in [0.25, 0.3) is 0 Å². The Bertz CT molecular complexity index is 610. The average Bonchev–Trinajstić information content (AvgIpc) is 2.99. The molecule has 4 fully saturated rings. The van der Waals surface area contributed by atoms with Crippen molar-refractivity contribution in [1.29, 1.82) is 0 Å². The Morgan fingerprint density at radius 1 is 0.920 bits per heavy atom. The largest absolute Gasteiger partial charge is 0.261 e. The van der Waals surface area contributed by atoms with Gasteiger partial charge in [0.1, 0.15) is 0 Å². The molecule has 0 spiro atoms. The second-order valence-corrected chi connectivity index (χ2v) is 10.3. The minimum Gasteiger partial charge on any atom is -0.261 e. The molecule has 0 bridgehead atoms. The van der Waals surface area contributed by atoms with Gasteiger partial charge in [-0.05, 0) is 104 Å². The summed E-state index contributed by atoms with van der Waals surface area (Å²) in [4.78, 5) is 4.77. The van der Waals surface area contributed by atoms with Crippen LogP contribution in [0, 0.1) is 40.9 Å². The third-order valence-corrected chi connectivity index (χ3v) is 9.26. The summed E-state index contributed by atoms with van der Waals surface area (Å²) in [6.45, 7) is 5.13. The van der Waals surface area contributed by atoms with Crippen LogP contribution in [0.1, 0.15) is 83.2 Å². The first-order chi connectivity index (χ1) is 12.2. The van der Waals surface area contributed by atoms with E-state index in [4.69, 9.17) is 4.98 Å². The van der Waals surface area contributed by atoms with Gasteiger partial charge in [-0.1, -0.05) is 26.3 Å². The highest BCUT2D eigenvalue weighted by Gasteiger charge is 2.57. The van der Waals surface area contributed by atoms with Gasteiger partial charge in [-0.2, -0.15) is 0 Å². The minimum absolute atomic E-state index is 0.518. The minimum atomic E-state index is 0.518. The summed E-state index contributed by atoms with van der Waals surface area (Å²) in [5, 5.41) is 0. The fourth-order valence-corrected chi connectivity index (χ4v) is 8.16.